The Bertz CT molecular complexity index is 680. The molecule has 0 spiro atoms. The molecule has 5 heteroatoms. The Kier molecular flexibility index (Phi) is 4.33. The van der Waals surface area contributed by atoms with Gasteiger partial charge in [-0.25, -0.2) is 0 Å². The van der Waals surface area contributed by atoms with Crippen LogP contribution in [0.3, 0.4) is 0 Å². The van der Waals surface area contributed by atoms with Crippen LogP contribution in [0.1, 0.15) is 35.7 Å². The number of nitrogens with zero attached hydrogens (tertiary/aromatic N) is 1. The van der Waals surface area contributed by atoms with Crippen molar-refractivity contribution in [1.29, 1.82) is 0 Å². The number of hydrogen-bond donors (Lipinski definition) is 0. The van der Waals surface area contributed by atoms with E-state index in [1.807, 2.05) is 13.8 Å². The van der Waals surface area contributed by atoms with Gasteiger partial charge in [-0.05, 0) is 29.7 Å². The molecule has 21 heavy (non-hydrogen) atoms. The molecular formula is C16H15NO4. The van der Waals surface area contributed by atoms with Gasteiger partial charge in [-0.3, -0.25) is 14.9 Å². The van der Waals surface area contributed by atoms with Gasteiger partial charge in [0, 0.05) is 6.07 Å². The van der Waals surface area contributed by atoms with Crippen LogP contribution in [0, 0.1) is 10.1 Å². The number of rotatable bonds is 5. The average molecular weight is 285 g/mol. The van der Waals surface area contributed by atoms with E-state index in [-0.39, 0.29) is 17.4 Å². The van der Waals surface area contributed by atoms with Crippen LogP contribution in [0.4, 0.5) is 5.69 Å². The van der Waals surface area contributed by atoms with Crippen LogP contribution in [0.5, 0.6) is 11.5 Å². The van der Waals surface area contributed by atoms with Gasteiger partial charge in [0.1, 0.15) is 5.75 Å². The van der Waals surface area contributed by atoms with Crippen molar-refractivity contribution in [2.24, 2.45) is 0 Å². The summed E-state index contributed by atoms with van der Waals surface area (Å²) in [7, 11) is 0. The number of aldehydes is 1. The Morgan fingerprint density at radius 1 is 1.14 bits per heavy atom. The lowest BCUT2D eigenvalue weighted by Crippen LogP contribution is -1.97. The molecular weight excluding hydrogens is 270 g/mol. The zero-order valence-electron chi connectivity index (χ0n) is 11.8. The van der Waals surface area contributed by atoms with Crippen molar-refractivity contribution in [3.63, 3.8) is 0 Å². The van der Waals surface area contributed by atoms with Crippen molar-refractivity contribution >= 4 is 12.0 Å². The summed E-state index contributed by atoms with van der Waals surface area (Å²) in [6, 6.07) is 11.4. The van der Waals surface area contributed by atoms with Gasteiger partial charge in [-0.2, -0.15) is 0 Å². The third-order valence-electron chi connectivity index (χ3n) is 3.11. The predicted molar refractivity (Wildman–Crippen MR) is 79.1 cm³/mol. The van der Waals surface area contributed by atoms with E-state index >= 15 is 0 Å². The first kappa shape index (κ1) is 14.7. The quantitative estimate of drug-likeness (QED) is 0.466. The van der Waals surface area contributed by atoms with Crippen molar-refractivity contribution in [2.75, 3.05) is 0 Å². The number of benzene rings is 2. The highest BCUT2D eigenvalue weighted by Gasteiger charge is 2.18. The van der Waals surface area contributed by atoms with Crippen LogP contribution in [-0.4, -0.2) is 11.2 Å². The van der Waals surface area contributed by atoms with Gasteiger partial charge in [0.15, 0.2) is 6.29 Å². The number of hydrogen-bond acceptors (Lipinski definition) is 4. The average Bonchev–Trinajstić information content (AvgIpc) is 2.47. The van der Waals surface area contributed by atoms with Crippen LogP contribution in [0.2, 0.25) is 0 Å². The zero-order valence-corrected chi connectivity index (χ0v) is 11.8. The highest BCUT2D eigenvalue weighted by atomic mass is 16.6. The summed E-state index contributed by atoms with van der Waals surface area (Å²) in [6.45, 7) is 3.98. The molecule has 0 aromatic heterocycles. The number of nitro benzene ring substituents is 1. The van der Waals surface area contributed by atoms with E-state index in [1.165, 1.54) is 6.07 Å². The third kappa shape index (κ3) is 3.25. The predicted octanol–water partition coefficient (Wildman–Crippen LogP) is 4.32. The maximum Gasteiger partial charge on any atom is 0.311 e. The molecule has 0 aliphatic carbocycles. The fourth-order valence-corrected chi connectivity index (χ4v) is 1.91. The van der Waals surface area contributed by atoms with Crippen LogP contribution in [-0.2, 0) is 0 Å². The molecule has 0 fully saturated rings. The molecule has 108 valence electrons. The number of nitro groups is 1. The Hall–Kier alpha value is -2.69. The molecule has 0 saturated carbocycles. The maximum atomic E-state index is 11.1. The second-order valence-electron chi connectivity index (χ2n) is 4.90. The van der Waals surface area contributed by atoms with E-state index in [9.17, 15) is 14.9 Å². The number of carbonyl (C=O) groups excluding carboxylic acids is 1. The Balaban J connectivity index is 2.48. The smallest absolute Gasteiger partial charge is 0.311 e. The monoisotopic (exact) mass is 285 g/mol. The molecule has 0 bridgehead atoms. The summed E-state index contributed by atoms with van der Waals surface area (Å²) in [5, 5.41) is 11.1. The lowest BCUT2D eigenvalue weighted by molar-refractivity contribution is -0.385. The van der Waals surface area contributed by atoms with Crippen molar-refractivity contribution in [3.05, 3.63) is 63.7 Å². The minimum Gasteiger partial charge on any atom is -0.449 e. The SMILES string of the molecule is CC(C)c1ccc([N+](=O)[O-])c(Oc2ccccc2C=O)c1. The number of carbonyl (C=O) groups is 1. The highest BCUT2D eigenvalue weighted by molar-refractivity contribution is 5.79. The fraction of sp³-hybridized carbons (Fsp3) is 0.188. The van der Waals surface area contributed by atoms with Crippen LogP contribution >= 0.6 is 0 Å². The third-order valence-corrected chi connectivity index (χ3v) is 3.11. The standard InChI is InChI=1S/C16H15NO4/c1-11(2)12-7-8-14(17(19)20)16(9-12)21-15-6-4-3-5-13(15)10-18/h3-11H,1-2H3. The largest absolute Gasteiger partial charge is 0.449 e. The summed E-state index contributed by atoms with van der Waals surface area (Å²) in [4.78, 5) is 21.6. The Morgan fingerprint density at radius 3 is 2.48 bits per heavy atom. The fourth-order valence-electron chi connectivity index (χ4n) is 1.91. The molecule has 5 nitrogen and oxygen atoms in total. The molecule has 0 saturated heterocycles. The molecule has 0 aliphatic heterocycles. The zero-order chi connectivity index (χ0) is 15.4. The summed E-state index contributed by atoms with van der Waals surface area (Å²) in [5.74, 6) is 0.659. The minimum atomic E-state index is -0.497. The van der Waals surface area contributed by atoms with Crippen molar-refractivity contribution in [2.45, 2.75) is 19.8 Å². The van der Waals surface area contributed by atoms with E-state index in [1.54, 1.807) is 36.4 Å². The van der Waals surface area contributed by atoms with Crippen LogP contribution in [0.25, 0.3) is 0 Å². The number of para-hydroxylation sites is 1. The van der Waals surface area contributed by atoms with Crippen molar-refractivity contribution in [1.82, 2.24) is 0 Å². The molecule has 2 aromatic carbocycles. The molecule has 0 atom stereocenters. The second kappa shape index (κ2) is 6.17. The van der Waals surface area contributed by atoms with Gasteiger partial charge in [-0.1, -0.05) is 32.0 Å². The van der Waals surface area contributed by atoms with E-state index in [4.69, 9.17) is 4.74 Å². The first-order chi connectivity index (χ1) is 10.0. The van der Waals surface area contributed by atoms with Gasteiger partial charge in [0.05, 0.1) is 10.5 Å². The van der Waals surface area contributed by atoms with Gasteiger partial charge >= 0.3 is 5.69 Å². The molecule has 2 aromatic rings. The minimum absolute atomic E-state index is 0.125. The summed E-state index contributed by atoms with van der Waals surface area (Å²) in [5.41, 5.74) is 1.15. The summed E-state index contributed by atoms with van der Waals surface area (Å²) >= 11 is 0. The van der Waals surface area contributed by atoms with E-state index in [0.29, 0.717) is 17.6 Å². The summed E-state index contributed by atoms with van der Waals surface area (Å²) in [6.07, 6.45) is 0.660. The van der Waals surface area contributed by atoms with Gasteiger partial charge in [-0.15, -0.1) is 0 Å². The lowest BCUT2D eigenvalue weighted by Gasteiger charge is -2.11. The molecule has 0 unspecified atom stereocenters. The molecule has 0 amide bonds. The molecule has 0 radical (unpaired) electrons. The Labute approximate surface area is 122 Å². The highest BCUT2D eigenvalue weighted by Crippen LogP contribution is 2.35. The van der Waals surface area contributed by atoms with E-state index in [2.05, 4.69) is 0 Å². The van der Waals surface area contributed by atoms with Crippen molar-refractivity contribution < 1.29 is 14.5 Å². The molecule has 0 heterocycles. The second-order valence-corrected chi connectivity index (χ2v) is 4.90. The van der Waals surface area contributed by atoms with Crippen LogP contribution < -0.4 is 4.74 Å². The first-order valence-electron chi connectivity index (χ1n) is 6.53. The lowest BCUT2D eigenvalue weighted by atomic mass is 10.0. The molecule has 0 N–H and O–H groups in total. The maximum absolute atomic E-state index is 11.1. The molecule has 2 rings (SSSR count). The Morgan fingerprint density at radius 2 is 1.86 bits per heavy atom. The van der Waals surface area contributed by atoms with Crippen molar-refractivity contribution in [3.8, 4) is 11.5 Å². The normalized spacial score (nSPS) is 10.4. The van der Waals surface area contributed by atoms with E-state index < -0.39 is 4.92 Å². The van der Waals surface area contributed by atoms with Gasteiger partial charge in [0.2, 0.25) is 5.75 Å². The van der Waals surface area contributed by atoms with Gasteiger partial charge in [0.25, 0.3) is 0 Å². The first-order valence-corrected chi connectivity index (χ1v) is 6.53. The molecule has 0 aliphatic rings. The van der Waals surface area contributed by atoms with E-state index in [0.717, 1.165) is 5.56 Å². The topological polar surface area (TPSA) is 69.4 Å². The summed E-state index contributed by atoms with van der Waals surface area (Å²) < 4.78 is 5.61. The van der Waals surface area contributed by atoms with Crippen LogP contribution in [0.15, 0.2) is 42.5 Å². The van der Waals surface area contributed by atoms with Gasteiger partial charge < -0.3 is 4.74 Å². The number of ether oxygens (including phenoxy) is 1.